The van der Waals surface area contributed by atoms with Gasteiger partial charge in [-0.2, -0.15) is 18.3 Å². The van der Waals surface area contributed by atoms with Crippen LogP contribution < -0.4 is 0 Å². The number of carbonyl (C=O) groups is 2. The second-order valence-electron chi connectivity index (χ2n) is 8.87. The van der Waals surface area contributed by atoms with Gasteiger partial charge in [0.1, 0.15) is 6.04 Å². The van der Waals surface area contributed by atoms with Gasteiger partial charge in [0.05, 0.1) is 17.0 Å². The summed E-state index contributed by atoms with van der Waals surface area (Å²) in [7, 11) is 1.71. The molecule has 0 aliphatic rings. The van der Waals surface area contributed by atoms with Gasteiger partial charge in [-0.25, -0.2) is 4.79 Å². The van der Waals surface area contributed by atoms with Gasteiger partial charge in [-0.15, -0.1) is 0 Å². The van der Waals surface area contributed by atoms with Crippen molar-refractivity contribution in [2.75, 3.05) is 0 Å². The first-order valence-corrected chi connectivity index (χ1v) is 12.0. The third-order valence-corrected chi connectivity index (χ3v) is 6.04. The zero-order chi connectivity index (χ0) is 28.0. The Morgan fingerprint density at radius 1 is 1.03 bits per heavy atom. The van der Waals surface area contributed by atoms with Crippen molar-refractivity contribution in [1.82, 2.24) is 19.7 Å². The minimum Gasteiger partial charge on any atom is -0.480 e. The van der Waals surface area contributed by atoms with E-state index in [1.165, 1.54) is 29.2 Å². The molecule has 1 unspecified atom stereocenters. The molecule has 4 rings (SSSR count). The summed E-state index contributed by atoms with van der Waals surface area (Å²) in [6, 6.07) is 17.6. The van der Waals surface area contributed by atoms with E-state index in [-0.39, 0.29) is 13.0 Å². The number of carboxylic acids is 1. The summed E-state index contributed by atoms with van der Waals surface area (Å²) in [6.07, 6.45) is 1.39. The van der Waals surface area contributed by atoms with E-state index in [2.05, 4.69) is 10.1 Å². The van der Waals surface area contributed by atoms with Crippen LogP contribution in [0.4, 0.5) is 13.2 Å². The number of aromatic nitrogens is 3. The second kappa shape index (κ2) is 11.8. The zero-order valence-corrected chi connectivity index (χ0v) is 20.9. The molecule has 4 aromatic rings. The van der Waals surface area contributed by atoms with Gasteiger partial charge in [0.2, 0.25) is 5.91 Å². The number of rotatable bonds is 9. The van der Waals surface area contributed by atoms with Crippen molar-refractivity contribution in [3.63, 3.8) is 0 Å². The Morgan fingerprint density at radius 3 is 2.31 bits per heavy atom. The maximum absolute atomic E-state index is 13.3. The molecule has 1 atom stereocenters. The number of amides is 1. The fourth-order valence-corrected chi connectivity index (χ4v) is 4.00. The lowest BCUT2D eigenvalue weighted by molar-refractivity contribution is -0.149. The van der Waals surface area contributed by atoms with Gasteiger partial charge >= 0.3 is 12.1 Å². The van der Waals surface area contributed by atoms with Crippen LogP contribution in [0.1, 0.15) is 22.4 Å². The number of carboxylic acid groups (broad SMARTS) is 1. The summed E-state index contributed by atoms with van der Waals surface area (Å²) in [4.78, 5) is 31.2. The monoisotopic (exact) mass is 534 g/mol. The second-order valence-corrected chi connectivity index (χ2v) is 8.87. The molecule has 2 aromatic heterocycles. The predicted molar refractivity (Wildman–Crippen MR) is 139 cm³/mol. The number of benzene rings is 2. The Balaban J connectivity index is 1.60. The standard InChI is InChI=1S/C29H25F3N4O3/c1-35-17-15-24(34-35)18-26(28(38)39)36(19-21-5-10-22(11-6-21)25-4-2-3-16-33-25)27(37)14-9-20-7-12-23(13-8-20)29(30,31)32/h2-17,26H,18-19H2,1H3,(H,38,39). The summed E-state index contributed by atoms with van der Waals surface area (Å²) >= 11 is 0. The highest BCUT2D eigenvalue weighted by atomic mass is 19.4. The predicted octanol–water partition coefficient (Wildman–Crippen LogP) is 5.24. The lowest BCUT2D eigenvalue weighted by atomic mass is 10.1. The highest BCUT2D eigenvalue weighted by Crippen LogP contribution is 2.29. The molecule has 7 nitrogen and oxygen atoms in total. The lowest BCUT2D eigenvalue weighted by Crippen LogP contribution is -2.45. The van der Waals surface area contributed by atoms with Crippen LogP contribution in [0.2, 0.25) is 0 Å². The molecule has 200 valence electrons. The Bertz CT molecular complexity index is 1450. The summed E-state index contributed by atoms with van der Waals surface area (Å²) in [5, 5.41) is 14.3. The smallest absolute Gasteiger partial charge is 0.416 e. The van der Waals surface area contributed by atoms with Crippen molar-refractivity contribution in [3.8, 4) is 11.3 Å². The molecular weight excluding hydrogens is 509 g/mol. The van der Waals surface area contributed by atoms with Crippen molar-refractivity contribution in [2.24, 2.45) is 7.05 Å². The maximum atomic E-state index is 13.3. The Labute approximate surface area is 222 Å². The first-order valence-electron chi connectivity index (χ1n) is 12.0. The summed E-state index contributed by atoms with van der Waals surface area (Å²) in [6.45, 7) is -0.0114. The third kappa shape index (κ3) is 7.19. The van der Waals surface area contributed by atoms with Crippen molar-refractivity contribution in [3.05, 3.63) is 114 Å². The highest BCUT2D eigenvalue weighted by molar-refractivity contribution is 5.94. The molecular formula is C29H25F3N4O3. The number of nitrogens with zero attached hydrogens (tertiary/aromatic N) is 4. The molecule has 0 bridgehead atoms. The number of aryl methyl sites for hydroxylation is 1. The average molecular weight is 535 g/mol. The quantitative estimate of drug-likeness (QED) is 0.297. The minimum atomic E-state index is -4.47. The van der Waals surface area contributed by atoms with E-state index in [9.17, 15) is 27.9 Å². The number of hydrogen-bond donors (Lipinski definition) is 1. The van der Waals surface area contributed by atoms with Crippen molar-refractivity contribution >= 4 is 18.0 Å². The highest BCUT2D eigenvalue weighted by Gasteiger charge is 2.31. The Morgan fingerprint density at radius 2 is 1.74 bits per heavy atom. The van der Waals surface area contributed by atoms with Gasteiger partial charge in [-0.1, -0.05) is 42.5 Å². The van der Waals surface area contributed by atoms with Crippen LogP contribution in [0.25, 0.3) is 17.3 Å². The van der Waals surface area contributed by atoms with Crippen LogP contribution in [-0.2, 0) is 35.8 Å². The van der Waals surface area contributed by atoms with Gasteiger partial charge in [-0.3, -0.25) is 14.5 Å². The van der Waals surface area contributed by atoms with Crippen LogP contribution in [0, 0.1) is 0 Å². The van der Waals surface area contributed by atoms with E-state index in [1.54, 1.807) is 42.3 Å². The molecule has 10 heteroatoms. The number of carbonyl (C=O) groups excluding carboxylic acids is 1. The first kappa shape index (κ1) is 27.3. The van der Waals surface area contributed by atoms with Gasteiger partial charge in [0, 0.05) is 44.0 Å². The number of hydrogen-bond acceptors (Lipinski definition) is 4. The normalized spacial score (nSPS) is 12.4. The molecule has 0 saturated carbocycles. The van der Waals surface area contributed by atoms with E-state index in [0.717, 1.165) is 23.4 Å². The van der Waals surface area contributed by atoms with E-state index < -0.39 is 29.7 Å². The average Bonchev–Trinajstić information content (AvgIpc) is 3.34. The molecule has 0 radical (unpaired) electrons. The van der Waals surface area contributed by atoms with Crippen molar-refractivity contribution in [2.45, 2.75) is 25.2 Å². The molecule has 1 N–H and O–H groups in total. The van der Waals surface area contributed by atoms with Crippen LogP contribution in [0.3, 0.4) is 0 Å². The number of alkyl halides is 3. The Kier molecular flexibility index (Phi) is 8.24. The third-order valence-electron chi connectivity index (χ3n) is 6.04. The van der Waals surface area contributed by atoms with Crippen LogP contribution in [0.15, 0.2) is 91.3 Å². The molecule has 0 aliphatic carbocycles. The zero-order valence-electron chi connectivity index (χ0n) is 20.9. The van der Waals surface area contributed by atoms with E-state index >= 15 is 0 Å². The minimum absolute atomic E-state index is 0.0114. The van der Waals surface area contributed by atoms with Crippen LogP contribution >= 0.6 is 0 Å². The van der Waals surface area contributed by atoms with Crippen molar-refractivity contribution in [1.29, 1.82) is 0 Å². The van der Waals surface area contributed by atoms with E-state index in [0.29, 0.717) is 16.8 Å². The van der Waals surface area contributed by atoms with E-state index in [1.807, 2.05) is 30.3 Å². The fraction of sp³-hybridized carbons (Fsp3) is 0.172. The van der Waals surface area contributed by atoms with Gasteiger partial charge in [0.25, 0.3) is 0 Å². The van der Waals surface area contributed by atoms with Crippen LogP contribution in [-0.4, -0.2) is 42.7 Å². The van der Waals surface area contributed by atoms with E-state index in [4.69, 9.17) is 0 Å². The Hall–Kier alpha value is -4.73. The molecule has 2 aromatic carbocycles. The van der Waals surface area contributed by atoms with Crippen molar-refractivity contribution < 1.29 is 27.9 Å². The lowest BCUT2D eigenvalue weighted by Gasteiger charge is -2.28. The van der Waals surface area contributed by atoms with Gasteiger partial charge in [0.15, 0.2) is 0 Å². The largest absolute Gasteiger partial charge is 0.480 e. The fourth-order valence-electron chi connectivity index (χ4n) is 4.00. The summed E-state index contributed by atoms with van der Waals surface area (Å²) in [5.74, 6) is -1.81. The SMILES string of the molecule is Cn1ccc(CC(C(=O)O)N(Cc2ccc(-c3ccccn3)cc2)C(=O)C=Cc2ccc(C(F)(F)F)cc2)n1. The number of aliphatic carboxylic acids is 1. The molecule has 0 saturated heterocycles. The van der Waals surface area contributed by atoms with Crippen LogP contribution in [0.5, 0.6) is 0 Å². The first-order chi connectivity index (χ1) is 18.6. The van der Waals surface area contributed by atoms with Gasteiger partial charge in [-0.05, 0) is 47.5 Å². The summed E-state index contributed by atoms with van der Waals surface area (Å²) < 4.78 is 40.1. The van der Waals surface area contributed by atoms with Gasteiger partial charge < -0.3 is 10.0 Å². The molecule has 0 spiro atoms. The molecule has 2 heterocycles. The molecule has 39 heavy (non-hydrogen) atoms. The summed E-state index contributed by atoms with van der Waals surface area (Å²) in [5.41, 5.74) is 2.39. The number of halogens is 3. The molecule has 0 aliphatic heterocycles. The topological polar surface area (TPSA) is 88.3 Å². The molecule has 1 amide bonds. The molecule has 0 fully saturated rings. The maximum Gasteiger partial charge on any atom is 0.416 e. The number of pyridine rings is 1.